The molecule has 1 amide bonds. The molecular formula is C16H26N4O. The van der Waals surface area contributed by atoms with Crippen LogP contribution in [0.25, 0.3) is 0 Å². The van der Waals surface area contributed by atoms with Crippen LogP contribution < -0.4 is 10.2 Å². The molecule has 1 saturated heterocycles. The summed E-state index contributed by atoms with van der Waals surface area (Å²) in [5.74, 6) is 1.12. The number of carbonyl (C=O) groups excluding carboxylic acids is 1. The van der Waals surface area contributed by atoms with E-state index in [0.29, 0.717) is 0 Å². The zero-order valence-electron chi connectivity index (χ0n) is 13.5. The zero-order chi connectivity index (χ0) is 15.4. The van der Waals surface area contributed by atoms with E-state index in [2.05, 4.69) is 34.0 Å². The van der Waals surface area contributed by atoms with E-state index in [1.165, 1.54) is 0 Å². The highest BCUT2D eigenvalue weighted by atomic mass is 16.1. The highest BCUT2D eigenvalue weighted by Gasteiger charge is 2.26. The third-order valence-electron chi connectivity index (χ3n) is 4.12. The summed E-state index contributed by atoms with van der Waals surface area (Å²) < 4.78 is 0. The number of amides is 1. The van der Waals surface area contributed by atoms with Crippen LogP contribution in [0.5, 0.6) is 0 Å². The Bertz CT molecular complexity index is 475. The van der Waals surface area contributed by atoms with Crippen LogP contribution in [0.1, 0.15) is 44.5 Å². The second kappa shape index (κ2) is 6.87. The Balaban J connectivity index is 1.92. The molecule has 1 fully saturated rings. The number of aromatic nitrogens is 2. The van der Waals surface area contributed by atoms with Crippen LogP contribution in [-0.4, -0.2) is 35.0 Å². The van der Waals surface area contributed by atoms with Gasteiger partial charge in [-0.05, 0) is 46.1 Å². The number of carbonyl (C=O) groups is 1. The van der Waals surface area contributed by atoms with Gasteiger partial charge in [-0.1, -0.05) is 6.92 Å². The van der Waals surface area contributed by atoms with Gasteiger partial charge in [0.05, 0.1) is 0 Å². The lowest BCUT2D eigenvalue weighted by molar-refractivity contribution is -0.126. The maximum Gasteiger partial charge on any atom is 0.225 e. The SMILES string of the molecule is CC[C@@H](C)NC(=O)C1CCN(c2nc(C)cc(C)n2)CC1. The lowest BCUT2D eigenvalue weighted by Gasteiger charge is -2.32. The van der Waals surface area contributed by atoms with Gasteiger partial charge in [0.15, 0.2) is 0 Å². The van der Waals surface area contributed by atoms with E-state index in [0.717, 1.165) is 49.7 Å². The van der Waals surface area contributed by atoms with Gasteiger partial charge in [-0.15, -0.1) is 0 Å². The molecule has 1 aliphatic heterocycles. The van der Waals surface area contributed by atoms with Crippen molar-refractivity contribution in [1.29, 1.82) is 0 Å². The number of nitrogens with zero attached hydrogens (tertiary/aromatic N) is 3. The van der Waals surface area contributed by atoms with Gasteiger partial charge in [0, 0.05) is 36.4 Å². The number of anilines is 1. The third-order valence-corrected chi connectivity index (χ3v) is 4.12. The van der Waals surface area contributed by atoms with E-state index in [9.17, 15) is 4.79 Å². The van der Waals surface area contributed by atoms with Crippen LogP contribution >= 0.6 is 0 Å². The molecule has 1 N–H and O–H groups in total. The zero-order valence-corrected chi connectivity index (χ0v) is 13.5. The number of rotatable bonds is 4. The van der Waals surface area contributed by atoms with Crippen molar-refractivity contribution in [3.05, 3.63) is 17.5 Å². The highest BCUT2D eigenvalue weighted by Crippen LogP contribution is 2.21. The fourth-order valence-corrected chi connectivity index (χ4v) is 2.65. The fraction of sp³-hybridized carbons (Fsp3) is 0.688. The number of nitrogens with one attached hydrogen (secondary N) is 1. The minimum absolute atomic E-state index is 0.126. The van der Waals surface area contributed by atoms with Gasteiger partial charge in [0.25, 0.3) is 0 Å². The molecule has 2 rings (SSSR count). The van der Waals surface area contributed by atoms with Gasteiger partial charge in [-0.25, -0.2) is 9.97 Å². The minimum atomic E-state index is 0.126. The Labute approximate surface area is 127 Å². The summed E-state index contributed by atoms with van der Waals surface area (Å²) in [6.07, 6.45) is 2.72. The summed E-state index contributed by atoms with van der Waals surface area (Å²) in [6, 6.07) is 2.24. The molecule has 0 aliphatic carbocycles. The molecule has 5 heteroatoms. The molecule has 1 aromatic rings. The third kappa shape index (κ3) is 4.16. The van der Waals surface area contributed by atoms with Crippen molar-refractivity contribution in [1.82, 2.24) is 15.3 Å². The average Bonchev–Trinajstić information content (AvgIpc) is 2.46. The van der Waals surface area contributed by atoms with Crippen molar-refractivity contribution in [2.24, 2.45) is 5.92 Å². The molecule has 0 aromatic carbocycles. The molecule has 0 spiro atoms. The van der Waals surface area contributed by atoms with Crippen molar-refractivity contribution < 1.29 is 4.79 Å². The molecule has 0 bridgehead atoms. The largest absolute Gasteiger partial charge is 0.353 e. The molecule has 2 heterocycles. The summed E-state index contributed by atoms with van der Waals surface area (Å²) in [5, 5.41) is 3.08. The Morgan fingerprint density at radius 1 is 1.33 bits per heavy atom. The maximum absolute atomic E-state index is 12.2. The number of aryl methyl sites for hydroxylation is 2. The molecule has 1 atom stereocenters. The summed E-state index contributed by atoms with van der Waals surface area (Å²) in [6.45, 7) is 9.82. The van der Waals surface area contributed by atoms with Crippen molar-refractivity contribution in [3.63, 3.8) is 0 Å². The summed E-state index contributed by atoms with van der Waals surface area (Å²) >= 11 is 0. The van der Waals surface area contributed by atoms with Crippen LogP contribution in [0.15, 0.2) is 6.07 Å². The summed E-state index contributed by atoms with van der Waals surface area (Å²) in [4.78, 5) is 23.4. The Morgan fingerprint density at radius 2 is 1.90 bits per heavy atom. The molecule has 21 heavy (non-hydrogen) atoms. The van der Waals surface area contributed by atoms with Crippen molar-refractivity contribution in [2.45, 2.75) is 53.0 Å². The first-order chi connectivity index (χ1) is 9.99. The normalized spacial score (nSPS) is 17.6. The van der Waals surface area contributed by atoms with E-state index in [1.54, 1.807) is 0 Å². The first-order valence-electron chi connectivity index (χ1n) is 7.87. The predicted octanol–water partition coefficient (Wildman–Crippen LogP) is 2.22. The quantitative estimate of drug-likeness (QED) is 0.924. The monoisotopic (exact) mass is 290 g/mol. The van der Waals surface area contributed by atoms with Crippen LogP contribution in [-0.2, 0) is 4.79 Å². The van der Waals surface area contributed by atoms with E-state index in [1.807, 2.05) is 19.9 Å². The molecule has 1 aliphatic rings. The second-order valence-electron chi connectivity index (χ2n) is 6.03. The number of hydrogen-bond acceptors (Lipinski definition) is 4. The van der Waals surface area contributed by atoms with Crippen LogP contribution in [0.3, 0.4) is 0 Å². The van der Waals surface area contributed by atoms with Crippen LogP contribution in [0.2, 0.25) is 0 Å². The number of hydrogen-bond donors (Lipinski definition) is 1. The Kier molecular flexibility index (Phi) is 5.15. The fourth-order valence-electron chi connectivity index (χ4n) is 2.65. The van der Waals surface area contributed by atoms with E-state index < -0.39 is 0 Å². The Hall–Kier alpha value is -1.65. The lowest BCUT2D eigenvalue weighted by Crippen LogP contribution is -2.43. The molecule has 0 unspecified atom stereocenters. The van der Waals surface area contributed by atoms with Gasteiger partial charge in [0.2, 0.25) is 11.9 Å². The molecular weight excluding hydrogens is 264 g/mol. The highest BCUT2D eigenvalue weighted by molar-refractivity contribution is 5.79. The first-order valence-corrected chi connectivity index (χ1v) is 7.87. The lowest BCUT2D eigenvalue weighted by atomic mass is 9.95. The number of piperidine rings is 1. The molecule has 0 saturated carbocycles. The standard InChI is InChI=1S/C16H26N4O/c1-5-11(2)17-15(21)14-6-8-20(9-7-14)16-18-12(3)10-13(4)19-16/h10-11,14H,5-9H2,1-4H3,(H,17,21)/t11-/m1/s1. The van der Waals surface area contributed by atoms with Gasteiger partial charge in [0.1, 0.15) is 0 Å². The Morgan fingerprint density at radius 3 is 2.43 bits per heavy atom. The smallest absolute Gasteiger partial charge is 0.225 e. The van der Waals surface area contributed by atoms with E-state index in [-0.39, 0.29) is 17.9 Å². The molecule has 0 radical (unpaired) electrons. The van der Waals surface area contributed by atoms with Gasteiger partial charge >= 0.3 is 0 Å². The second-order valence-corrected chi connectivity index (χ2v) is 6.03. The molecule has 5 nitrogen and oxygen atoms in total. The summed E-state index contributed by atoms with van der Waals surface area (Å²) in [7, 11) is 0. The molecule has 116 valence electrons. The van der Waals surface area contributed by atoms with E-state index >= 15 is 0 Å². The van der Waals surface area contributed by atoms with Crippen molar-refractivity contribution >= 4 is 11.9 Å². The average molecular weight is 290 g/mol. The predicted molar refractivity (Wildman–Crippen MR) is 84.3 cm³/mol. The van der Waals surface area contributed by atoms with Gasteiger partial charge < -0.3 is 10.2 Å². The van der Waals surface area contributed by atoms with Crippen LogP contribution in [0.4, 0.5) is 5.95 Å². The van der Waals surface area contributed by atoms with Gasteiger partial charge in [-0.3, -0.25) is 4.79 Å². The van der Waals surface area contributed by atoms with Crippen molar-refractivity contribution in [3.8, 4) is 0 Å². The maximum atomic E-state index is 12.2. The minimum Gasteiger partial charge on any atom is -0.353 e. The molecule has 1 aromatic heterocycles. The van der Waals surface area contributed by atoms with Crippen LogP contribution in [0, 0.1) is 19.8 Å². The first kappa shape index (κ1) is 15.7. The van der Waals surface area contributed by atoms with E-state index in [4.69, 9.17) is 0 Å². The van der Waals surface area contributed by atoms with Crippen molar-refractivity contribution in [2.75, 3.05) is 18.0 Å². The topological polar surface area (TPSA) is 58.1 Å². The summed E-state index contributed by atoms with van der Waals surface area (Å²) in [5.41, 5.74) is 1.99. The van der Waals surface area contributed by atoms with Gasteiger partial charge in [-0.2, -0.15) is 0 Å².